The van der Waals surface area contributed by atoms with Crippen molar-refractivity contribution < 1.29 is 4.79 Å². The number of nitrogens with zero attached hydrogens (tertiary/aromatic N) is 5. The number of amides is 1. The van der Waals surface area contributed by atoms with Crippen molar-refractivity contribution in [2.24, 2.45) is 4.99 Å². The topological polar surface area (TPSA) is 113 Å². The fraction of sp³-hybridized carbons (Fsp3) is 0.440. The maximum Gasteiger partial charge on any atom is 0.258 e. The minimum absolute atomic E-state index is 0.301. The molecule has 1 aliphatic rings. The van der Waals surface area contributed by atoms with Crippen molar-refractivity contribution in [2.45, 2.75) is 46.1 Å². The number of piperidine rings is 1. The maximum atomic E-state index is 13.2. The van der Waals surface area contributed by atoms with Crippen LogP contribution in [0.15, 0.2) is 29.5 Å². The second-order valence-corrected chi connectivity index (χ2v) is 8.65. The highest BCUT2D eigenvalue weighted by Crippen LogP contribution is 2.30. The molecule has 1 amide bonds. The summed E-state index contributed by atoms with van der Waals surface area (Å²) < 4.78 is 1.90. The molecule has 1 fully saturated rings. The molecule has 0 atom stereocenters. The van der Waals surface area contributed by atoms with E-state index in [9.17, 15) is 4.79 Å². The Kier molecular flexibility index (Phi) is 7.12. The summed E-state index contributed by atoms with van der Waals surface area (Å²) in [4.78, 5) is 28.8. The van der Waals surface area contributed by atoms with E-state index < -0.39 is 0 Å². The minimum Gasteiger partial charge on any atom is -0.397 e. The van der Waals surface area contributed by atoms with Crippen LogP contribution < -0.4 is 21.3 Å². The summed E-state index contributed by atoms with van der Waals surface area (Å²) in [5, 5.41) is 6.43. The molecule has 34 heavy (non-hydrogen) atoms. The van der Waals surface area contributed by atoms with Crippen molar-refractivity contribution in [2.75, 3.05) is 42.6 Å². The number of nitrogens with one attached hydrogen (secondary N) is 2. The van der Waals surface area contributed by atoms with Gasteiger partial charge in [0.1, 0.15) is 0 Å². The van der Waals surface area contributed by atoms with Crippen LogP contribution in [0.4, 0.5) is 17.2 Å². The lowest BCUT2D eigenvalue weighted by Crippen LogP contribution is -2.42. The van der Waals surface area contributed by atoms with Crippen molar-refractivity contribution in [1.29, 1.82) is 0 Å². The van der Waals surface area contributed by atoms with Gasteiger partial charge < -0.3 is 25.7 Å². The van der Waals surface area contributed by atoms with Crippen molar-refractivity contribution in [3.63, 3.8) is 0 Å². The lowest BCUT2D eigenvalue weighted by atomic mass is 10.00. The van der Waals surface area contributed by atoms with Gasteiger partial charge in [-0.2, -0.15) is 0 Å². The molecule has 1 aliphatic heterocycles. The average molecular weight is 463 g/mol. The molecule has 2 aromatic heterocycles. The summed E-state index contributed by atoms with van der Waals surface area (Å²) in [6.45, 7) is 8.96. The highest BCUT2D eigenvalue weighted by Gasteiger charge is 2.23. The van der Waals surface area contributed by atoms with Crippen LogP contribution in [0.3, 0.4) is 0 Å². The first-order chi connectivity index (χ1) is 16.4. The molecule has 1 saturated heterocycles. The molecule has 0 radical (unpaired) electrons. The molecular weight excluding hydrogens is 428 g/mol. The van der Waals surface area contributed by atoms with E-state index in [1.54, 1.807) is 25.5 Å². The number of aliphatic imine (C=N–C) groups is 1. The number of anilines is 3. The van der Waals surface area contributed by atoms with Crippen LogP contribution in [0.2, 0.25) is 0 Å². The molecule has 1 aromatic carbocycles. The smallest absolute Gasteiger partial charge is 0.258 e. The fourth-order valence-corrected chi connectivity index (χ4v) is 4.61. The lowest BCUT2D eigenvalue weighted by molar-refractivity contribution is 0.102. The summed E-state index contributed by atoms with van der Waals surface area (Å²) in [5.74, 6) is 0.160. The first kappa shape index (κ1) is 23.7. The number of aromatic nitrogens is 3. The number of hydrogen-bond donors (Lipinski definition) is 3. The fourth-order valence-electron chi connectivity index (χ4n) is 4.61. The Labute approximate surface area is 200 Å². The van der Waals surface area contributed by atoms with Gasteiger partial charge in [-0.1, -0.05) is 13.8 Å². The van der Waals surface area contributed by atoms with Crippen molar-refractivity contribution in [1.82, 2.24) is 19.7 Å². The first-order valence-corrected chi connectivity index (χ1v) is 11.9. The quantitative estimate of drug-likeness (QED) is 0.367. The predicted molar refractivity (Wildman–Crippen MR) is 138 cm³/mol. The molecular formula is C25H34N8O. The van der Waals surface area contributed by atoms with Gasteiger partial charge in [-0.15, -0.1) is 0 Å². The second-order valence-electron chi connectivity index (χ2n) is 8.65. The third-order valence-corrected chi connectivity index (χ3v) is 6.35. The summed E-state index contributed by atoms with van der Waals surface area (Å²) in [6, 6.07) is 4.31. The highest BCUT2D eigenvalue weighted by molar-refractivity contribution is 6.11. The van der Waals surface area contributed by atoms with Gasteiger partial charge in [-0.05, 0) is 44.9 Å². The number of benzene rings is 1. The van der Waals surface area contributed by atoms with E-state index in [2.05, 4.69) is 44.3 Å². The van der Waals surface area contributed by atoms with Crippen molar-refractivity contribution in [3.05, 3.63) is 47.0 Å². The van der Waals surface area contributed by atoms with Crippen LogP contribution in [0.1, 0.15) is 54.0 Å². The minimum atomic E-state index is -0.301. The molecule has 9 heteroatoms. The van der Waals surface area contributed by atoms with E-state index in [1.807, 2.05) is 23.6 Å². The molecule has 4 rings (SSSR count). The molecule has 0 saturated carbocycles. The standard InChI is InChI=1S/C25H34N8O/c1-5-17-14-33-15-22(30-24(33)16(3)29-17)31-25(34)19-7-8-21(20(13-27-4)23(19)26)32-11-9-18(10-12-32)28-6-2/h7-8,13-15,18,28H,5-6,9-12,26H2,1-4H3,(H,31,34). The number of carbonyl (C=O) groups excluding carboxylic acids is 1. The van der Waals surface area contributed by atoms with Gasteiger partial charge in [0.2, 0.25) is 0 Å². The van der Waals surface area contributed by atoms with Crippen LogP contribution in [0, 0.1) is 6.92 Å². The molecule has 0 aliphatic carbocycles. The van der Waals surface area contributed by atoms with Gasteiger partial charge in [0, 0.05) is 49.8 Å². The largest absolute Gasteiger partial charge is 0.397 e. The zero-order valence-corrected chi connectivity index (χ0v) is 20.4. The number of rotatable bonds is 7. The third kappa shape index (κ3) is 4.75. The van der Waals surface area contributed by atoms with E-state index in [-0.39, 0.29) is 5.91 Å². The Balaban J connectivity index is 1.58. The molecule has 3 aromatic rings. The zero-order chi connectivity index (χ0) is 24.2. The van der Waals surface area contributed by atoms with Gasteiger partial charge in [0.05, 0.1) is 28.8 Å². The Morgan fingerprint density at radius 1 is 1.24 bits per heavy atom. The average Bonchev–Trinajstić information content (AvgIpc) is 3.24. The second kappa shape index (κ2) is 10.2. The molecule has 180 valence electrons. The monoisotopic (exact) mass is 462 g/mol. The Morgan fingerprint density at radius 2 is 2.00 bits per heavy atom. The van der Waals surface area contributed by atoms with Crippen LogP contribution in [-0.4, -0.2) is 59.2 Å². The van der Waals surface area contributed by atoms with Gasteiger partial charge >= 0.3 is 0 Å². The number of aryl methyl sites for hydroxylation is 2. The number of fused-ring (bicyclic) bond motifs is 1. The van der Waals surface area contributed by atoms with Crippen LogP contribution in [-0.2, 0) is 6.42 Å². The van der Waals surface area contributed by atoms with Gasteiger partial charge in [0.25, 0.3) is 5.91 Å². The number of hydrogen-bond acceptors (Lipinski definition) is 7. The normalized spacial score (nSPS) is 14.9. The summed E-state index contributed by atoms with van der Waals surface area (Å²) in [5.41, 5.74) is 11.6. The first-order valence-electron chi connectivity index (χ1n) is 11.9. The van der Waals surface area contributed by atoms with Gasteiger partial charge in [-0.25, -0.2) is 4.98 Å². The third-order valence-electron chi connectivity index (χ3n) is 6.35. The molecule has 4 N–H and O–H groups in total. The van der Waals surface area contributed by atoms with Gasteiger partial charge in [0.15, 0.2) is 11.5 Å². The number of imidazole rings is 1. The van der Waals surface area contributed by atoms with E-state index in [0.717, 1.165) is 67.2 Å². The van der Waals surface area contributed by atoms with E-state index in [1.165, 1.54) is 0 Å². The molecule has 0 unspecified atom stereocenters. The predicted octanol–water partition coefficient (Wildman–Crippen LogP) is 3.06. The Hall–Kier alpha value is -3.46. The molecule has 3 heterocycles. The lowest BCUT2D eigenvalue weighted by Gasteiger charge is -2.35. The van der Waals surface area contributed by atoms with Crippen LogP contribution in [0.25, 0.3) is 5.65 Å². The van der Waals surface area contributed by atoms with E-state index in [0.29, 0.717) is 23.1 Å². The van der Waals surface area contributed by atoms with Gasteiger partial charge in [-0.3, -0.25) is 14.8 Å². The zero-order valence-electron chi connectivity index (χ0n) is 20.4. The van der Waals surface area contributed by atoms with Crippen molar-refractivity contribution >= 4 is 35.0 Å². The Morgan fingerprint density at radius 3 is 2.68 bits per heavy atom. The van der Waals surface area contributed by atoms with E-state index in [4.69, 9.17) is 5.73 Å². The van der Waals surface area contributed by atoms with Crippen LogP contribution >= 0.6 is 0 Å². The van der Waals surface area contributed by atoms with Crippen LogP contribution in [0.5, 0.6) is 0 Å². The molecule has 9 nitrogen and oxygen atoms in total. The summed E-state index contributed by atoms with van der Waals surface area (Å²) in [7, 11) is 1.71. The maximum absolute atomic E-state index is 13.2. The van der Waals surface area contributed by atoms with E-state index >= 15 is 0 Å². The molecule has 0 bridgehead atoms. The SMILES string of the molecule is CCNC1CCN(c2ccc(C(=O)Nc3cn4cc(CC)nc(C)c4n3)c(N)c2C=NC)CC1. The molecule has 0 spiro atoms. The Bertz CT molecular complexity index is 1210. The van der Waals surface area contributed by atoms with Crippen molar-refractivity contribution in [3.8, 4) is 0 Å². The number of carbonyl (C=O) groups is 1. The summed E-state index contributed by atoms with van der Waals surface area (Å²) in [6.07, 6.45) is 8.44. The summed E-state index contributed by atoms with van der Waals surface area (Å²) >= 11 is 0. The highest BCUT2D eigenvalue weighted by atomic mass is 16.1. The number of nitrogen functional groups attached to an aromatic ring is 1. The number of nitrogens with two attached hydrogens (primary N) is 1.